The summed E-state index contributed by atoms with van der Waals surface area (Å²) < 4.78 is 0. The van der Waals surface area contributed by atoms with Crippen molar-refractivity contribution in [1.82, 2.24) is 9.97 Å². The van der Waals surface area contributed by atoms with Gasteiger partial charge in [0.25, 0.3) is 5.56 Å². The van der Waals surface area contributed by atoms with Gasteiger partial charge in [-0.2, -0.15) is 4.98 Å². The number of aromatic amines is 1. The van der Waals surface area contributed by atoms with E-state index in [-0.39, 0.29) is 35.2 Å². The molecule has 158 valence electrons. The highest BCUT2D eigenvalue weighted by molar-refractivity contribution is 6.04. The van der Waals surface area contributed by atoms with E-state index in [1.807, 2.05) is 25.1 Å². The number of fused-ring (bicyclic) bond motifs is 1. The number of piperidine rings is 1. The van der Waals surface area contributed by atoms with Crippen molar-refractivity contribution in [3.05, 3.63) is 45.7 Å². The Labute approximate surface area is 175 Å². The molecule has 2 aliphatic heterocycles. The van der Waals surface area contributed by atoms with Crippen molar-refractivity contribution in [1.29, 1.82) is 0 Å². The fraction of sp³-hybridized carbons (Fsp3) is 0.455. The van der Waals surface area contributed by atoms with Gasteiger partial charge < -0.3 is 15.5 Å². The van der Waals surface area contributed by atoms with E-state index >= 15 is 0 Å². The van der Waals surface area contributed by atoms with E-state index in [0.717, 1.165) is 37.8 Å². The number of rotatable bonds is 4. The third-order valence-electron chi connectivity index (χ3n) is 5.91. The number of hydrogen-bond donors (Lipinski definition) is 3. The van der Waals surface area contributed by atoms with Gasteiger partial charge in [-0.25, -0.2) is 0 Å². The summed E-state index contributed by atoms with van der Waals surface area (Å²) in [7, 11) is 0. The Balaban J connectivity index is 1.66. The van der Waals surface area contributed by atoms with Crippen LogP contribution < -0.4 is 21.1 Å². The first kappa shape index (κ1) is 20.1. The molecule has 2 aliphatic rings. The molecule has 4 rings (SSSR count). The summed E-state index contributed by atoms with van der Waals surface area (Å²) in [5.41, 5.74) is 1.48. The van der Waals surface area contributed by atoms with E-state index < -0.39 is 5.92 Å². The third-order valence-corrected chi connectivity index (χ3v) is 5.91. The average Bonchev–Trinajstić information content (AvgIpc) is 2.72. The lowest BCUT2D eigenvalue weighted by Gasteiger charge is -2.36. The van der Waals surface area contributed by atoms with E-state index in [4.69, 9.17) is 0 Å². The number of anilines is 3. The number of nitrogens with zero attached hydrogens (tertiary/aromatic N) is 2. The van der Waals surface area contributed by atoms with Gasteiger partial charge in [-0.05, 0) is 50.3 Å². The van der Waals surface area contributed by atoms with E-state index in [1.54, 1.807) is 6.07 Å². The predicted octanol–water partition coefficient (Wildman–Crippen LogP) is 2.91. The van der Waals surface area contributed by atoms with Crippen LogP contribution in [0, 0.1) is 6.92 Å². The van der Waals surface area contributed by atoms with Gasteiger partial charge in [0, 0.05) is 24.7 Å². The molecule has 0 bridgehead atoms. The lowest BCUT2D eigenvalue weighted by atomic mass is 9.92. The minimum absolute atomic E-state index is 0.0872. The second kappa shape index (κ2) is 8.30. The minimum atomic E-state index is -0.886. The molecule has 1 aromatic carbocycles. The number of carbonyl (C=O) groups is 2. The molecule has 3 N–H and O–H groups in total. The summed E-state index contributed by atoms with van der Waals surface area (Å²) in [5, 5.41) is 5.52. The summed E-state index contributed by atoms with van der Waals surface area (Å²) in [6.45, 7) is 4.86. The number of aryl methyl sites for hydroxylation is 1. The van der Waals surface area contributed by atoms with Gasteiger partial charge >= 0.3 is 0 Å². The molecule has 2 amide bonds. The molecule has 30 heavy (non-hydrogen) atoms. The number of benzene rings is 1. The SMILES string of the molecule is CC[C@@H]1CCCCN1c1nc2c(c(=O)[nH]1)[C@H](C(=O)Nc1cccc(C)c1)CC(=O)N2. The van der Waals surface area contributed by atoms with Crippen LogP contribution in [0.4, 0.5) is 17.5 Å². The Morgan fingerprint density at radius 3 is 2.90 bits per heavy atom. The molecule has 0 unspecified atom stereocenters. The Kier molecular flexibility index (Phi) is 5.57. The molecule has 0 saturated carbocycles. The number of amides is 2. The monoisotopic (exact) mass is 409 g/mol. The summed E-state index contributed by atoms with van der Waals surface area (Å²) in [5.74, 6) is -0.939. The van der Waals surface area contributed by atoms with Crippen molar-refractivity contribution in [3.63, 3.8) is 0 Å². The summed E-state index contributed by atoms with van der Waals surface area (Å²) in [6.07, 6.45) is 4.10. The molecule has 8 nitrogen and oxygen atoms in total. The normalized spacial score (nSPS) is 21.0. The maximum Gasteiger partial charge on any atom is 0.258 e. The third kappa shape index (κ3) is 3.94. The van der Waals surface area contributed by atoms with Crippen LogP contribution in [0.3, 0.4) is 0 Å². The summed E-state index contributed by atoms with van der Waals surface area (Å²) >= 11 is 0. The molecule has 0 radical (unpaired) electrons. The molecular formula is C22H27N5O3. The first-order valence-corrected chi connectivity index (χ1v) is 10.5. The van der Waals surface area contributed by atoms with Gasteiger partial charge in [0.15, 0.2) is 0 Å². The standard InChI is InChI=1S/C22H27N5O3/c1-3-15-9-4-5-10-27(15)22-25-19-18(21(30)26-22)16(12-17(28)24-19)20(29)23-14-8-6-7-13(2)11-14/h6-8,11,15-16H,3-5,9-10,12H2,1-2H3,(H,23,29)(H2,24,25,26,28,30)/t15-,16-/m1/s1. The molecule has 3 heterocycles. The van der Waals surface area contributed by atoms with Crippen molar-refractivity contribution in [2.24, 2.45) is 0 Å². The maximum absolute atomic E-state index is 13.0. The number of carbonyl (C=O) groups excluding carboxylic acids is 2. The van der Waals surface area contributed by atoms with Crippen molar-refractivity contribution < 1.29 is 9.59 Å². The first-order chi connectivity index (χ1) is 14.5. The van der Waals surface area contributed by atoms with Crippen molar-refractivity contribution in [3.8, 4) is 0 Å². The van der Waals surface area contributed by atoms with Gasteiger partial charge in [-0.15, -0.1) is 0 Å². The minimum Gasteiger partial charge on any atom is -0.339 e. The molecule has 0 aliphatic carbocycles. The molecule has 1 saturated heterocycles. The van der Waals surface area contributed by atoms with Crippen molar-refractivity contribution >= 4 is 29.3 Å². The van der Waals surface area contributed by atoms with Crippen LogP contribution in [-0.2, 0) is 9.59 Å². The van der Waals surface area contributed by atoms with Crippen LogP contribution in [0.2, 0.25) is 0 Å². The van der Waals surface area contributed by atoms with Gasteiger partial charge in [-0.3, -0.25) is 19.4 Å². The van der Waals surface area contributed by atoms with E-state index in [1.165, 1.54) is 0 Å². The molecule has 1 fully saturated rings. The van der Waals surface area contributed by atoms with Gasteiger partial charge in [0.05, 0.1) is 11.5 Å². The molecule has 2 atom stereocenters. The molecular weight excluding hydrogens is 382 g/mol. The van der Waals surface area contributed by atoms with Crippen LogP contribution in [0.25, 0.3) is 0 Å². The van der Waals surface area contributed by atoms with Gasteiger partial charge in [0.1, 0.15) is 5.82 Å². The molecule has 8 heteroatoms. The number of H-pyrrole nitrogens is 1. The van der Waals surface area contributed by atoms with Crippen molar-refractivity contribution in [2.45, 2.75) is 57.9 Å². The van der Waals surface area contributed by atoms with Crippen LogP contribution in [-0.4, -0.2) is 34.4 Å². The molecule has 0 spiro atoms. The highest BCUT2D eigenvalue weighted by atomic mass is 16.2. The maximum atomic E-state index is 13.0. The Hall–Kier alpha value is -3.16. The highest BCUT2D eigenvalue weighted by Crippen LogP contribution is 2.31. The fourth-order valence-corrected chi connectivity index (χ4v) is 4.38. The van der Waals surface area contributed by atoms with Crippen LogP contribution >= 0.6 is 0 Å². The second-order valence-electron chi connectivity index (χ2n) is 8.07. The first-order valence-electron chi connectivity index (χ1n) is 10.5. The quantitative estimate of drug-likeness (QED) is 0.720. The Bertz CT molecular complexity index is 1030. The highest BCUT2D eigenvalue weighted by Gasteiger charge is 2.35. The van der Waals surface area contributed by atoms with Crippen molar-refractivity contribution in [2.75, 3.05) is 22.1 Å². The number of nitrogens with one attached hydrogen (secondary N) is 3. The number of aromatic nitrogens is 2. The molecule has 1 aromatic heterocycles. The predicted molar refractivity (Wildman–Crippen MR) is 116 cm³/mol. The number of hydrogen-bond acceptors (Lipinski definition) is 5. The van der Waals surface area contributed by atoms with Gasteiger partial charge in [-0.1, -0.05) is 19.1 Å². The molecule has 2 aromatic rings. The zero-order valence-electron chi connectivity index (χ0n) is 17.3. The van der Waals surface area contributed by atoms with Crippen LogP contribution in [0.1, 0.15) is 56.1 Å². The second-order valence-corrected chi connectivity index (χ2v) is 8.07. The average molecular weight is 409 g/mol. The lowest BCUT2D eigenvalue weighted by molar-refractivity contribution is -0.123. The van der Waals surface area contributed by atoms with E-state index in [0.29, 0.717) is 17.7 Å². The summed E-state index contributed by atoms with van der Waals surface area (Å²) in [6, 6.07) is 7.70. The van der Waals surface area contributed by atoms with E-state index in [2.05, 4.69) is 32.4 Å². The summed E-state index contributed by atoms with van der Waals surface area (Å²) in [4.78, 5) is 47.8. The fourth-order valence-electron chi connectivity index (χ4n) is 4.38. The Morgan fingerprint density at radius 2 is 2.13 bits per heavy atom. The van der Waals surface area contributed by atoms with E-state index in [9.17, 15) is 14.4 Å². The largest absolute Gasteiger partial charge is 0.339 e. The zero-order valence-corrected chi connectivity index (χ0v) is 17.3. The Morgan fingerprint density at radius 1 is 1.30 bits per heavy atom. The van der Waals surface area contributed by atoms with Crippen LogP contribution in [0.5, 0.6) is 0 Å². The lowest BCUT2D eigenvalue weighted by Crippen LogP contribution is -2.43. The topological polar surface area (TPSA) is 107 Å². The smallest absolute Gasteiger partial charge is 0.258 e. The van der Waals surface area contributed by atoms with Crippen LogP contribution in [0.15, 0.2) is 29.1 Å². The van der Waals surface area contributed by atoms with Gasteiger partial charge in [0.2, 0.25) is 17.8 Å². The zero-order chi connectivity index (χ0) is 21.3.